The number of likely N-dealkylation sites (N-methyl/N-ethyl adjacent to an activating group) is 1. The van der Waals surface area contributed by atoms with Crippen molar-refractivity contribution in [3.8, 4) is 11.5 Å². The van der Waals surface area contributed by atoms with Crippen molar-refractivity contribution >= 4 is 23.2 Å². The van der Waals surface area contributed by atoms with E-state index in [-0.39, 0.29) is 30.5 Å². The van der Waals surface area contributed by atoms with Crippen LogP contribution in [0, 0.1) is 10.1 Å². The Hall–Kier alpha value is -3.62. The molecule has 0 unspecified atom stereocenters. The molecule has 0 bridgehead atoms. The van der Waals surface area contributed by atoms with Crippen molar-refractivity contribution in [2.24, 2.45) is 0 Å². The number of nitrogens with zero attached hydrogens (tertiary/aromatic N) is 2. The molecule has 2 amide bonds. The average Bonchev–Trinajstić information content (AvgIpc) is 2.72. The third kappa shape index (κ3) is 5.22. The zero-order valence-corrected chi connectivity index (χ0v) is 15.9. The van der Waals surface area contributed by atoms with Gasteiger partial charge >= 0.3 is 0 Å². The molecular formula is C20H21N3O6. The second-order valence-electron chi connectivity index (χ2n) is 6.41. The molecule has 0 saturated carbocycles. The molecule has 9 nitrogen and oxygen atoms in total. The van der Waals surface area contributed by atoms with Crippen LogP contribution in [0.15, 0.2) is 42.5 Å². The summed E-state index contributed by atoms with van der Waals surface area (Å²) in [6.45, 7) is 2.98. The lowest BCUT2D eigenvalue weighted by molar-refractivity contribution is -0.384. The lowest BCUT2D eigenvalue weighted by Gasteiger charge is -2.21. The Bertz CT molecular complexity index is 913. The van der Waals surface area contributed by atoms with Gasteiger partial charge in [0.1, 0.15) is 13.2 Å². The van der Waals surface area contributed by atoms with E-state index in [1.54, 1.807) is 37.3 Å². The Kier molecular flexibility index (Phi) is 6.28. The van der Waals surface area contributed by atoms with Crippen LogP contribution >= 0.6 is 0 Å². The van der Waals surface area contributed by atoms with E-state index < -0.39 is 4.92 Å². The molecule has 1 heterocycles. The number of nitro groups is 1. The van der Waals surface area contributed by atoms with Crippen LogP contribution in [0.25, 0.3) is 0 Å². The van der Waals surface area contributed by atoms with E-state index in [1.165, 1.54) is 17.0 Å². The maximum Gasteiger partial charge on any atom is 0.269 e. The fourth-order valence-electron chi connectivity index (χ4n) is 2.89. The van der Waals surface area contributed by atoms with Gasteiger partial charge in [-0.2, -0.15) is 0 Å². The quantitative estimate of drug-likeness (QED) is 0.565. The molecule has 0 atom stereocenters. The Morgan fingerprint density at radius 3 is 2.45 bits per heavy atom. The van der Waals surface area contributed by atoms with Crippen molar-refractivity contribution in [1.29, 1.82) is 0 Å². The maximum absolute atomic E-state index is 12.5. The summed E-state index contributed by atoms with van der Waals surface area (Å²) in [6, 6.07) is 10.9. The predicted octanol–water partition coefficient (Wildman–Crippen LogP) is 2.40. The fraction of sp³-hybridized carbons (Fsp3) is 0.300. The molecule has 0 spiro atoms. The first-order chi connectivity index (χ1) is 14.0. The number of benzene rings is 2. The molecule has 1 aliphatic rings. The Labute approximate surface area is 167 Å². The molecule has 1 aliphatic heterocycles. The molecule has 2 aromatic rings. The molecule has 0 aromatic heterocycles. The van der Waals surface area contributed by atoms with Gasteiger partial charge in [-0.25, -0.2) is 0 Å². The highest BCUT2D eigenvalue weighted by Crippen LogP contribution is 2.32. The minimum atomic E-state index is -0.494. The van der Waals surface area contributed by atoms with E-state index in [4.69, 9.17) is 9.47 Å². The summed E-state index contributed by atoms with van der Waals surface area (Å²) in [5, 5.41) is 13.5. The highest BCUT2D eigenvalue weighted by Gasteiger charge is 2.18. The molecule has 3 rings (SSSR count). The average molecular weight is 399 g/mol. The van der Waals surface area contributed by atoms with Gasteiger partial charge in [-0.1, -0.05) is 12.1 Å². The maximum atomic E-state index is 12.5. The van der Waals surface area contributed by atoms with Crippen molar-refractivity contribution in [3.63, 3.8) is 0 Å². The number of fused-ring (bicyclic) bond motifs is 1. The normalized spacial score (nSPS) is 12.2. The van der Waals surface area contributed by atoms with Gasteiger partial charge in [0.25, 0.3) is 5.69 Å². The van der Waals surface area contributed by atoms with E-state index >= 15 is 0 Å². The highest BCUT2D eigenvalue weighted by atomic mass is 16.6. The first kappa shape index (κ1) is 20.1. The molecule has 0 saturated heterocycles. The van der Waals surface area contributed by atoms with Gasteiger partial charge in [0.2, 0.25) is 11.8 Å². The van der Waals surface area contributed by atoms with Crippen LogP contribution in [0.1, 0.15) is 12.5 Å². The Balaban J connectivity index is 1.57. The lowest BCUT2D eigenvalue weighted by atomic mass is 10.1. The number of hydrogen-bond acceptors (Lipinski definition) is 6. The number of rotatable bonds is 7. The number of carbonyl (C=O) groups excluding carboxylic acids is 2. The number of hydrogen-bond donors (Lipinski definition) is 1. The van der Waals surface area contributed by atoms with Crippen LogP contribution in [0.2, 0.25) is 0 Å². The minimum absolute atomic E-state index is 0.0349. The van der Waals surface area contributed by atoms with Gasteiger partial charge in [-0.3, -0.25) is 19.7 Å². The van der Waals surface area contributed by atoms with E-state index in [9.17, 15) is 19.7 Å². The molecule has 0 radical (unpaired) electrons. The lowest BCUT2D eigenvalue weighted by Crippen LogP contribution is -2.38. The monoisotopic (exact) mass is 399 g/mol. The van der Waals surface area contributed by atoms with Crippen LogP contribution in [-0.2, 0) is 16.0 Å². The number of non-ortho nitro benzene ring substituents is 1. The van der Waals surface area contributed by atoms with Crippen molar-refractivity contribution in [3.05, 3.63) is 58.1 Å². The van der Waals surface area contributed by atoms with Crippen LogP contribution in [0.3, 0.4) is 0 Å². The topological polar surface area (TPSA) is 111 Å². The number of ether oxygens (including phenoxy) is 2. The van der Waals surface area contributed by atoms with Crippen LogP contribution < -0.4 is 14.8 Å². The van der Waals surface area contributed by atoms with Gasteiger partial charge in [0.15, 0.2) is 11.5 Å². The van der Waals surface area contributed by atoms with Crippen molar-refractivity contribution in [2.45, 2.75) is 13.3 Å². The van der Waals surface area contributed by atoms with Crippen LogP contribution in [0.5, 0.6) is 11.5 Å². The first-order valence-electron chi connectivity index (χ1n) is 9.17. The summed E-state index contributed by atoms with van der Waals surface area (Å²) in [5.74, 6) is 0.623. The number of anilines is 1. The summed E-state index contributed by atoms with van der Waals surface area (Å²) < 4.78 is 10.9. The standard InChI is InChI=1S/C20H21N3O6/c1-2-22(20(25)11-14-3-6-16(7-4-14)23(26)27)13-19(24)21-15-5-8-17-18(12-15)29-10-9-28-17/h3-8,12H,2,9-11,13H2,1H3,(H,21,24). The third-order valence-corrected chi connectivity index (χ3v) is 4.40. The van der Waals surface area contributed by atoms with E-state index in [0.717, 1.165) is 0 Å². The van der Waals surface area contributed by atoms with Gasteiger partial charge in [0, 0.05) is 30.4 Å². The molecule has 152 valence electrons. The fourth-order valence-corrected chi connectivity index (χ4v) is 2.89. The highest BCUT2D eigenvalue weighted by molar-refractivity contribution is 5.95. The summed E-state index contributed by atoms with van der Waals surface area (Å²) in [6.07, 6.45) is 0.0587. The van der Waals surface area contributed by atoms with E-state index in [0.29, 0.717) is 42.5 Å². The number of carbonyl (C=O) groups is 2. The molecular weight excluding hydrogens is 378 g/mol. The molecule has 0 aliphatic carbocycles. The van der Waals surface area contributed by atoms with Gasteiger partial charge < -0.3 is 19.7 Å². The Morgan fingerprint density at radius 1 is 1.10 bits per heavy atom. The number of nitro benzene ring substituents is 1. The summed E-state index contributed by atoms with van der Waals surface area (Å²) in [7, 11) is 0. The predicted molar refractivity (Wildman–Crippen MR) is 105 cm³/mol. The molecule has 9 heteroatoms. The smallest absolute Gasteiger partial charge is 0.269 e. The van der Waals surface area contributed by atoms with Crippen molar-refractivity contribution in [1.82, 2.24) is 4.90 Å². The zero-order chi connectivity index (χ0) is 20.8. The third-order valence-electron chi connectivity index (χ3n) is 4.40. The number of amides is 2. The second kappa shape index (κ2) is 9.05. The minimum Gasteiger partial charge on any atom is -0.486 e. The number of nitrogens with one attached hydrogen (secondary N) is 1. The second-order valence-corrected chi connectivity index (χ2v) is 6.41. The van der Waals surface area contributed by atoms with Gasteiger partial charge in [0.05, 0.1) is 17.9 Å². The van der Waals surface area contributed by atoms with Crippen molar-refractivity contribution in [2.75, 3.05) is 31.6 Å². The summed E-state index contributed by atoms with van der Waals surface area (Å²) in [5.41, 5.74) is 1.16. The van der Waals surface area contributed by atoms with Gasteiger partial charge in [-0.15, -0.1) is 0 Å². The molecule has 1 N–H and O–H groups in total. The van der Waals surface area contributed by atoms with Crippen LogP contribution in [0.4, 0.5) is 11.4 Å². The molecule has 0 fully saturated rings. The first-order valence-corrected chi connectivity index (χ1v) is 9.17. The van der Waals surface area contributed by atoms with Gasteiger partial charge in [-0.05, 0) is 24.6 Å². The van der Waals surface area contributed by atoms with E-state index in [1.807, 2.05) is 0 Å². The zero-order valence-electron chi connectivity index (χ0n) is 15.9. The summed E-state index contributed by atoms with van der Waals surface area (Å²) >= 11 is 0. The van der Waals surface area contributed by atoms with E-state index in [2.05, 4.69) is 5.32 Å². The molecule has 29 heavy (non-hydrogen) atoms. The molecule has 2 aromatic carbocycles. The van der Waals surface area contributed by atoms with Crippen molar-refractivity contribution < 1.29 is 24.0 Å². The van der Waals surface area contributed by atoms with Crippen LogP contribution in [-0.4, -0.2) is 47.9 Å². The Morgan fingerprint density at radius 2 is 1.79 bits per heavy atom. The largest absolute Gasteiger partial charge is 0.486 e. The summed E-state index contributed by atoms with van der Waals surface area (Å²) in [4.78, 5) is 36.5. The SMILES string of the molecule is CCN(CC(=O)Nc1ccc2c(c1)OCCO2)C(=O)Cc1ccc([N+](=O)[O-])cc1.